The van der Waals surface area contributed by atoms with E-state index in [1.807, 2.05) is 0 Å². The Hall–Kier alpha value is -0.180. The van der Waals surface area contributed by atoms with Crippen molar-refractivity contribution in [3.05, 3.63) is 0 Å². The van der Waals surface area contributed by atoms with Crippen molar-refractivity contribution in [1.82, 2.24) is 0 Å². The maximum absolute atomic E-state index is 9.65. The van der Waals surface area contributed by atoms with Crippen LogP contribution in [0.2, 0.25) is 0 Å². The summed E-state index contributed by atoms with van der Waals surface area (Å²) in [6.07, 6.45) is -1.56. The minimum absolute atomic E-state index is 0. The second-order valence-corrected chi connectivity index (χ2v) is 0.860. The van der Waals surface area contributed by atoms with E-state index in [0.29, 0.717) is 0 Å². The van der Waals surface area contributed by atoms with Crippen LogP contribution >= 0.6 is 0 Å². The van der Waals surface area contributed by atoms with Crippen molar-refractivity contribution >= 4 is 12.1 Å². The maximum atomic E-state index is 9.65. The summed E-state index contributed by atoms with van der Waals surface area (Å²) in [5, 5.41) is 7.64. The Morgan fingerprint density at radius 1 is 1.27 bits per heavy atom. The zero-order valence-corrected chi connectivity index (χ0v) is 8.17. The number of carbonyl (C=O) groups excluding carboxylic acids is 1. The third kappa shape index (κ3) is 41.2. The molecule has 66 valence electrons. The van der Waals surface area contributed by atoms with Crippen LogP contribution in [0.25, 0.3) is 0 Å². The molecule has 8 heteroatoms. The van der Waals surface area contributed by atoms with Gasteiger partial charge in [0.1, 0.15) is 0 Å². The van der Waals surface area contributed by atoms with Crippen LogP contribution in [0.1, 0.15) is 8.35 Å². The first-order valence-electron chi connectivity index (χ1n) is 1.54. The van der Waals surface area contributed by atoms with Crippen molar-refractivity contribution in [3.63, 3.8) is 0 Å². The molecule has 7 N–H and O–H groups in total. The Morgan fingerprint density at radius 3 is 1.55 bits per heavy atom. The average molecular weight is 182 g/mol. The summed E-state index contributed by atoms with van der Waals surface area (Å²) in [5.41, 5.74) is 0. The molecule has 0 unspecified atom stereocenters. The van der Waals surface area contributed by atoms with Crippen LogP contribution in [0.4, 0.5) is 4.79 Å². The summed E-state index contributed by atoms with van der Waals surface area (Å²) in [6, 6.07) is 0. The maximum Gasteiger partial charge on any atom is 1.00 e. The summed E-state index contributed by atoms with van der Waals surface area (Å²) < 4.78 is 3.53. The molecular formula is C3H11NaO7. The van der Waals surface area contributed by atoms with Gasteiger partial charge in [-0.15, -0.1) is 0 Å². The van der Waals surface area contributed by atoms with E-state index in [4.69, 9.17) is 5.11 Å². The number of esters is 1. The van der Waals surface area contributed by atoms with Gasteiger partial charge in [0.25, 0.3) is 0 Å². The van der Waals surface area contributed by atoms with Gasteiger partial charge in [-0.2, -0.15) is 0 Å². The largest absolute Gasteiger partial charge is 1.00 e. The molecule has 0 aromatic carbocycles. The standard InChI is InChI=1S/C3H4O4.Na.3H2O.H/c1-2(4)7-3(5)6;;;;;/h1H3,(H,5,6);;3*1H2;/q;+1;;;;-1. The van der Waals surface area contributed by atoms with Gasteiger partial charge in [0.2, 0.25) is 0 Å². The fourth-order valence-corrected chi connectivity index (χ4v) is 0.123. The number of hydrogen-bond donors (Lipinski definition) is 1. The fraction of sp³-hybridized carbons (Fsp3) is 0.333. The zero-order chi connectivity index (χ0) is 5.86. The number of rotatable bonds is 0. The molecule has 0 spiro atoms. The van der Waals surface area contributed by atoms with Gasteiger partial charge in [-0.1, -0.05) is 0 Å². The van der Waals surface area contributed by atoms with Gasteiger partial charge in [-0.3, -0.25) is 4.79 Å². The van der Waals surface area contributed by atoms with Crippen molar-refractivity contribution < 1.29 is 66.8 Å². The minimum atomic E-state index is -1.56. The van der Waals surface area contributed by atoms with Crippen molar-refractivity contribution in [1.29, 1.82) is 0 Å². The Bertz CT molecular complexity index is 94.8. The normalized spacial score (nSPS) is 4.82. The summed E-state index contributed by atoms with van der Waals surface area (Å²) in [4.78, 5) is 19.0. The molecule has 0 bridgehead atoms. The summed E-state index contributed by atoms with van der Waals surface area (Å²) >= 11 is 0. The molecule has 7 nitrogen and oxygen atoms in total. The van der Waals surface area contributed by atoms with Gasteiger partial charge in [0.15, 0.2) is 0 Å². The van der Waals surface area contributed by atoms with E-state index in [2.05, 4.69) is 4.74 Å². The van der Waals surface area contributed by atoms with Crippen molar-refractivity contribution in [3.8, 4) is 0 Å². The molecule has 0 saturated carbocycles. The minimum Gasteiger partial charge on any atom is -1.00 e. The number of hydrogen-bond acceptors (Lipinski definition) is 3. The third-order valence-electron chi connectivity index (χ3n) is 0.231. The molecule has 0 heterocycles. The number of ether oxygens (including phenoxy) is 1. The Morgan fingerprint density at radius 2 is 1.55 bits per heavy atom. The monoisotopic (exact) mass is 182 g/mol. The first-order valence-corrected chi connectivity index (χ1v) is 1.54. The molecule has 0 atom stereocenters. The van der Waals surface area contributed by atoms with E-state index in [0.717, 1.165) is 6.92 Å². The van der Waals surface area contributed by atoms with Crippen LogP contribution in [-0.4, -0.2) is 33.7 Å². The molecule has 0 radical (unpaired) electrons. The molecule has 0 aliphatic carbocycles. The van der Waals surface area contributed by atoms with Gasteiger partial charge in [-0.05, 0) is 0 Å². The van der Waals surface area contributed by atoms with Crippen molar-refractivity contribution in [2.45, 2.75) is 6.92 Å². The molecule has 0 fully saturated rings. The average Bonchev–Trinajstić information content (AvgIpc) is 1.27. The van der Waals surface area contributed by atoms with E-state index in [9.17, 15) is 9.59 Å². The van der Waals surface area contributed by atoms with Crippen LogP contribution < -0.4 is 29.6 Å². The summed E-state index contributed by atoms with van der Waals surface area (Å²) in [5.74, 6) is -0.812. The van der Waals surface area contributed by atoms with Crippen LogP contribution in [0, 0.1) is 0 Å². The fourth-order valence-electron chi connectivity index (χ4n) is 0.123. The first-order chi connectivity index (χ1) is 3.13. The summed E-state index contributed by atoms with van der Waals surface area (Å²) in [6.45, 7) is 1.02. The smallest absolute Gasteiger partial charge is 1.00 e. The molecule has 0 aliphatic rings. The van der Waals surface area contributed by atoms with Crippen LogP contribution in [0.15, 0.2) is 0 Å². The SMILES string of the molecule is CC(=O)OC(=O)O.O.O.O.[H-].[Na+]. The Labute approximate surface area is 86.0 Å². The predicted octanol–water partition coefficient (Wildman–Crippen LogP) is -5.13. The topological polar surface area (TPSA) is 158 Å². The molecule has 0 aliphatic heterocycles. The first kappa shape index (κ1) is 30.8. The van der Waals surface area contributed by atoms with Crippen molar-refractivity contribution in [2.24, 2.45) is 0 Å². The van der Waals surface area contributed by atoms with Crippen LogP contribution in [0.3, 0.4) is 0 Å². The van der Waals surface area contributed by atoms with E-state index in [1.165, 1.54) is 0 Å². The van der Waals surface area contributed by atoms with Crippen LogP contribution in [-0.2, 0) is 9.53 Å². The van der Waals surface area contributed by atoms with Gasteiger partial charge < -0.3 is 27.7 Å². The van der Waals surface area contributed by atoms with Gasteiger partial charge in [0, 0.05) is 6.92 Å². The summed E-state index contributed by atoms with van der Waals surface area (Å²) in [7, 11) is 0. The van der Waals surface area contributed by atoms with Crippen molar-refractivity contribution in [2.75, 3.05) is 0 Å². The van der Waals surface area contributed by atoms with Gasteiger partial charge >= 0.3 is 41.7 Å². The molecule has 11 heavy (non-hydrogen) atoms. The predicted molar refractivity (Wildman–Crippen MR) is 31.7 cm³/mol. The molecule has 0 aromatic heterocycles. The van der Waals surface area contributed by atoms with Crippen LogP contribution in [0.5, 0.6) is 0 Å². The second-order valence-electron chi connectivity index (χ2n) is 0.860. The molecule has 0 saturated heterocycles. The third-order valence-corrected chi connectivity index (χ3v) is 0.231. The number of carbonyl (C=O) groups is 2. The Kier molecular flexibility index (Phi) is 46.0. The molecule has 0 aromatic rings. The van der Waals surface area contributed by atoms with E-state index < -0.39 is 12.1 Å². The zero-order valence-electron chi connectivity index (χ0n) is 7.17. The van der Waals surface area contributed by atoms with E-state index in [1.54, 1.807) is 0 Å². The molecular weight excluding hydrogens is 171 g/mol. The second kappa shape index (κ2) is 16.4. The molecule has 0 amide bonds. The molecule has 0 rings (SSSR count). The van der Waals surface area contributed by atoms with E-state index in [-0.39, 0.29) is 47.4 Å². The quantitative estimate of drug-likeness (QED) is 0.225. The van der Waals surface area contributed by atoms with E-state index >= 15 is 0 Å². The Balaban J connectivity index is -0.0000000180. The number of carboxylic acid groups (broad SMARTS) is 1. The van der Waals surface area contributed by atoms with Gasteiger partial charge in [0.05, 0.1) is 0 Å². The van der Waals surface area contributed by atoms with Gasteiger partial charge in [-0.25, -0.2) is 4.79 Å².